The van der Waals surface area contributed by atoms with Gasteiger partial charge in [-0.3, -0.25) is 14.3 Å². The SMILES string of the molecule is CC1(C)O[C@H]2[C@@H](O1)[C@](C#N)(n1ccc(=O)[nH]c1=O)O[C@@H]2COC(=O)c1ccccc1. The van der Waals surface area contributed by atoms with Gasteiger partial charge in [-0.25, -0.2) is 9.59 Å². The quantitative estimate of drug-likeness (QED) is 0.716. The number of aromatic nitrogens is 2. The Labute approximate surface area is 170 Å². The van der Waals surface area contributed by atoms with Gasteiger partial charge in [-0.15, -0.1) is 0 Å². The molecule has 2 aliphatic heterocycles. The van der Waals surface area contributed by atoms with E-state index in [2.05, 4.69) is 4.98 Å². The third kappa shape index (κ3) is 3.33. The van der Waals surface area contributed by atoms with Gasteiger partial charge >= 0.3 is 11.7 Å². The molecule has 2 aromatic rings. The first-order valence-corrected chi connectivity index (χ1v) is 9.25. The lowest BCUT2D eigenvalue weighted by atomic mass is 10.0. The summed E-state index contributed by atoms with van der Waals surface area (Å²) >= 11 is 0. The largest absolute Gasteiger partial charge is 0.459 e. The average Bonchev–Trinajstić information content (AvgIpc) is 3.18. The maximum absolute atomic E-state index is 12.4. The Morgan fingerprint density at radius 2 is 1.93 bits per heavy atom. The van der Waals surface area contributed by atoms with E-state index < -0.39 is 47.0 Å². The zero-order valence-electron chi connectivity index (χ0n) is 16.2. The number of ether oxygens (including phenoxy) is 4. The molecule has 0 bridgehead atoms. The predicted molar refractivity (Wildman–Crippen MR) is 100 cm³/mol. The van der Waals surface area contributed by atoms with Crippen molar-refractivity contribution in [1.29, 1.82) is 5.26 Å². The van der Waals surface area contributed by atoms with Crippen molar-refractivity contribution in [2.24, 2.45) is 0 Å². The summed E-state index contributed by atoms with van der Waals surface area (Å²) in [4.78, 5) is 38.2. The molecule has 4 rings (SSSR count). The Morgan fingerprint density at radius 3 is 2.60 bits per heavy atom. The second-order valence-corrected chi connectivity index (χ2v) is 7.43. The van der Waals surface area contributed by atoms with Gasteiger partial charge in [0.1, 0.15) is 24.9 Å². The molecular formula is C20H19N3O7. The predicted octanol–water partition coefficient (Wildman–Crippen LogP) is 0.489. The molecule has 0 aliphatic carbocycles. The van der Waals surface area contributed by atoms with E-state index in [-0.39, 0.29) is 6.61 Å². The highest BCUT2D eigenvalue weighted by atomic mass is 16.8. The molecule has 0 spiro atoms. The van der Waals surface area contributed by atoms with Gasteiger partial charge in [-0.1, -0.05) is 18.2 Å². The Morgan fingerprint density at radius 1 is 1.20 bits per heavy atom. The number of H-pyrrole nitrogens is 1. The zero-order valence-corrected chi connectivity index (χ0v) is 16.2. The second kappa shape index (κ2) is 7.21. The standard InChI is InChI=1S/C20H19N3O7/c1-19(2)29-15-13(10-27-17(25)12-6-4-3-5-7-12)28-20(11-21,16(15)30-19)23-9-8-14(24)22-18(23)26/h3-9,13,15-16H,10H2,1-2H3,(H,22,24,26)/t13-,15-,16-,20-/m1/s1. The molecule has 1 aromatic carbocycles. The number of carbonyl (C=O) groups is 1. The number of aromatic amines is 1. The molecule has 30 heavy (non-hydrogen) atoms. The Balaban J connectivity index is 1.65. The highest BCUT2D eigenvalue weighted by molar-refractivity contribution is 5.89. The average molecular weight is 413 g/mol. The number of rotatable bonds is 4. The smallest absolute Gasteiger partial charge is 0.338 e. The van der Waals surface area contributed by atoms with Crippen LogP contribution in [0.15, 0.2) is 52.2 Å². The van der Waals surface area contributed by atoms with Crippen molar-refractivity contribution in [3.05, 3.63) is 69.0 Å². The summed E-state index contributed by atoms with van der Waals surface area (Å²) in [6.07, 6.45) is -1.51. The normalized spacial score (nSPS) is 29.2. The van der Waals surface area contributed by atoms with Gasteiger partial charge in [0.15, 0.2) is 11.9 Å². The fraction of sp³-hybridized carbons (Fsp3) is 0.400. The summed E-state index contributed by atoms with van der Waals surface area (Å²) in [6.45, 7) is 3.10. The lowest BCUT2D eigenvalue weighted by molar-refractivity contribution is -0.218. The molecule has 0 amide bonds. The number of hydrogen-bond acceptors (Lipinski definition) is 8. The van der Waals surface area contributed by atoms with Crippen molar-refractivity contribution < 1.29 is 23.7 Å². The van der Waals surface area contributed by atoms with Gasteiger partial charge in [-0.2, -0.15) is 5.26 Å². The number of nitrogens with one attached hydrogen (secondary N) is 1. The van der Waals surface area contributed by atoms with Gasteiger partial charge in [-0.05, 0) is 26.0 Å². The molecular weight excluding hydrogens is 394 g/mol. The highest BCUT2D eigenvalue weighted by Crippen LogP contribution is 2.46. The van der Waals surface area contributed by atoms with E-state index in [4.69, 9.17) is 18.9 Å². The zero-order chi connectivity index (χ0) is 21.5. The van der Waals surface area contributed by atoms with Crippen molar-refractivity contribution in [3.8, 4) is 6.07 Å². The van der Waals surface area contributed by atoms with Crippen LogP contribution in [0.5, 0.6) is 0 Å². The van der Waals surface area contributed by atoms with E-state index in [1.807, 2.05) is 6.07 Å². The van der Waals surface area contributed by atoms with E-state index in [1.54, 1.807) is 44.2 Å². The van der Waals surface area contributed by atoms with Crippen molar-refractivity contribution >= 4 is 5.97 Å². The van der Waals surface area contributed by atoms with E-state index >= 15 is 0 Å². The second-order valence-electron chi connectivity index (χ2n) is 7.43. The third-order valence-corrected chi connectivity index (χ3v) is 4.94. The van der Waals surface area contributed by atoms with Gasteiger partial charge in [0.05, 0.1) is 5.56 Å². The number of hydrogen-bond donors (Lipinski definition) is 1. The summed E-state index contributed by atoms with van der Waals surface area (Å²) in [5.41, 5.74) is -3.00. The number of benzene rings is 1. The lowest BCUT2D eigenvalue weighted by Gasteiger charge is -2.30. The number of nitriles is 1. The van der Waals surface area contributed by atoms with Crippen LogP contribution in [-0.2, 0) is 24.7 Å². The molecule has 0 saturated carbocycles. The maximum Gasteiger partial charge on any atom is 0.338 e. The van der Waals surface area contributed by atoms with Crippen LogP contribution in [0.25, 0.3) is 0 Å². The summed E-state index contributed by atoms with van der Waals surface area (Å²) in [7, 11) is 0. The van der Waals surface area contributed by atoms with Gasteiger partial charge < -0.3 is 18.9 Å². The topological polar surface area (TPSA) is 133 Å². The summed E-state index contributed by atoms with van der Waals surface area (Å²) in [5, 5.41) is 9.98. The number of nitrogens with zero attached hydrogens (tertiary/aromatic N) is 2. The molecule has 1 aromatic heterocycles. The minimum atomic E-state index is -1.91. The summed E-state index contributed by atoms with van der Waals surface area (Å²) in [6, 6.07) is 11.5. The van der Waals surface area contributed by atoms with Gasteiger partial charge in [0.2, 0.25) is 0 Å². The van der Waals surface area contributed by atoms with Crippen molar-refractivity contribution in [2.45, 2.75) is 43.7 Å². The minimum absolute atomic E-state index is 0.226. The highest BCUT2D eigenvalue weighted by Gasteiger charge is 2.65. The molecule has 1 N–H and O–H groups in total. The van der Waals surface area contributed by atoms with Gasteiger partial charge in [0.25, 0.3) is 11.3 Å². The van der Waals surface area contributed by atoms with Crippen molar-refractivity contribution in [1.82, 2.24) is 9.55 Å². The van der Waals surface area contributed by atoms with Crippen molar-refractivity contribution in [3.63, 3.8) is 0 Å². The third-order valence-electron chi connectivity index (χ3n) is 4.94. The van der Waals surface area contributed by atoms with E-state index in [0.29, 0.717) is 5.56 Å². The monoisotopic (exact) mass is 413 g/mol. The first kappa shape index (κ1) is 20.0. The molecule has 2 saturated heterocycles. The van der Waals surface area contributed by atoms with Crippen LogP contribution in [0, 0.1) is 11.3 Å². The van der Waals surface area contributed by atoms with Crippen LogP contribution < -0.4 is 11.2 Å². The molecule has 0 unspecified atom stereocenters. The fourth-order valence-electron chi connectivity index (χ4n) is 3.69. The van der Waals surface area contributed by atoms with Crippen LogP contribution in [0.1, 0.15) is 24.2 Å². The number of fused-ring (bicyclic) bond motifs is 1. The molecule has 0 radical (unpaired) electrons. The molecule has 2 aliphatic rings. The Bertz CT molecular complexity index is 1120. The van der Waals surface area contributed by atoms with E-state index in [1.165, 1.54) is 0 Å². The summed E-state index contributed by atoms with van der Waals surface area (Å²) < 4.78 is 24.0. The van der Waals surface area contributed by atoms with Gasteiger partial charge in [0, 0.05) is 12.3 Å². The first-order chi connectivity index (χ1) is 14.3. The van der Waals surface area contributed by atoms with Crippen LogP contribution in [0.2, 0.25) is 0 Å². The van der Waals surface area contributed by atoms with Crippen LogP contribution in [0.3, 0.4) is 0 Å². The Hall–Kier alpha value is -3.26. The fourth-order valence-corrected chi connectivity index (χ4v) is 3.69. The Kier molecular flexibility index (Phi) is 4.82. The molecule has 10 heteroatoms. The number of esters is 1. The van der Waals surface area contributed by atoms with Crippen LogP contribution >= 0.6 is 0 Å². The molecule has 4 atom stereocenters. The molecule has 2 fully saturated rings. The lowest BCUT2D eigenvalue weighted by Crippen LogP contribution is -2.50. The molecule has 3 heterocycles. The van der Waals surface area contributed by atoms with Crippen molar-refractivity contribution in [2.75, 3.05) is 6.61 Å². The van der Waals surface area contributed by atoms with E-state index in [0.717, 1.165) is 16.8 Å². The van der Waals surface area contributed by atoms with Crippen LogP contribution in [0.4, 0.5) is 0 Å². The molecule has 156 valence electrons. The first-order valence-electron chi connectivity index (χ1n) is 9.25. The minimum Gasteiger partial charge on any atom is -0.459 e. The molecule has 10 nitrogen and oxygen atoms in total. The summed E-state index contributed by atoms with van der Waals surface area (Å²) in [5.74, 6) is -1.63. The maximum atomic E-state index is 12.4. The number of carbonyl (C=O) groups excluding carboxylic acids is 1. The van der Waals surface area contributed by atoms with E-state index in [9.17, 15) is 19.6 Å². The van der Waals surface area contributed by atoms with Crippen LogP contribution in [-0.4, -0.2) is 46.2 Å².